The van der Waals surface area contributed by atoms with Crippen LogP contribution in [0.3, 0.4) is 0 Å². The molecule has 0 aromatic heterocycles. The average molecular weight is 499 g/mol. The smallest absolute Gasteiger partial charge is 0.227 e. The highest BCUT2D eigenvalue weighted by molar-refractivity contribution is 6.31. The number of hydrogen-bond acceptors (Lipinski definition) is 5. The molecule has 8 heteroatoms. The van der Waals surface area contributed by atoms with Gasteiger partial charge < -0.3 is 19.9 Å². The van der Waals surface area contributed by atoms with Gasteiger partial charge in [0.05, 0.1) is 12.2 Å². The van der Waals surface area contributed by atoms with Crippen molar-refractivity contribution in [3.8, 4) is 5.75 Å². The largest absolute Gasteiger partial charge is 0.487 e. The van der Waals surface area contributed by atoms with Gasteiger partial charge in [-0.1, -0.05) is 41.9 Å². The van der Waals surface area contributed by atoms with Gasteiger partial charge in [0.15, 0.2) is 0 Å². The SMILES string of the molecule is C[C@H]1CN(C(=O)CCC(=O)NCCCN2CCN(Cc3ccccc3)CC2)c2cc(Cl)ccc2O1. The van der Waals surface area contributed by atoms with Crippen LogP contribution in [0, 0.1) is 0 Å². The molecule has 35 heavy (non-hydrogen) atoms. The van der Waals surface area contributed by atoms with Crippen LogP contribution in [0.5, 0.6) is 5.75 Å². The molecule has 188 valence electrons. The molecule has 1 N–H and O–H groups in total. The van der Waals surface area contributed by atoms with E-state index in [0.717, 1.165) is 45.7 Å². The van der Waals surface area contributed by atoms with Gasteiger partial charge in [0.25, 0.3) is 0 Å². The summed E-state index contributed by atoms with van der Waals surface area (Å²) in [6.45, 7) is 9.23. The molecule has 1 fully saturated rings. The highest BCUT2D eigenvalue weighted by Gasteiger charge is 2.28. The number of anilines is 1. The monoisotopic (exact) mass is 498 g/mol. The summed E-state index contributed by atoms with van der Waals surface area (Å²) in [6, 6.07) is 15.9. The normalized spacial score (nSPS) is 18.6. The third kappa shape index (κ3) is 7.43. The molecule has 1 saturated heterocycles. The third-order valence-corrected chi connectivity index (χ3v) is 6.77. The summed E-state index contributed by atoms with van der Waals surface area (Å²) in [4.78, 5) is 31.8. The first-order chi connectivity index (χ1) is 17.0. The predicted octanol–water partition coefficient (Wildman–Crippen LogP) is 3.56. The number of halogens is 1. The number of hydrogen-bond donors (Lipinski definition) is 1. The highest BCUT2D eigenvalue weighted by Crippen LogP contribution is 2.36. The Morgan fingerprint density at radius 2 is 1.77 bits per heavy atom. The Labute approximate surface area is 213 Å². The van der Waals surface area contributed by atoms with E-state index in [2.05, 4.69) is 45.4 Å². The van der Waals surface area contributed by atoms with Crippen molar-refractivity contribution >= 4 is 29.1 Å². The van der Waals surface area contributed by atoms with Crippen LogP contribution in [0.2, 0.25) is 5.02 Å². The summed E-state index contributed by atoms with van der Waals surface area (Å²) >= 11 is 6.11. The summed E-state index contributed by atoms with van der Waals surface area (Å²) in [5, 5.41) is 3.52. The fourth-order valence-corrected chi connectivity index (χ4v) is 4.80. The van der Waals surface area contributed by atoms with Gasteiger partial charge in [0.2, 0.25) is 11.8 Å². The number of rotatable bonds is 9. The van der Waals surface area contributed by atoms with E-state index in [1.54, 1.807) is 23.1 Å². The number of benzene rings is 2. The molecule has 2 aliphatic heterocycles. The minimum Gasteiger partial charge on any atom is -0.487 e. The van der Waals surface area contributed by atoms with Crippen LogP contribution in [0.25, 0.3) is 0 Å². The topological polar surface area (TPSA) is 65.1 Å². The number of ether oxygens (including phenoxy) is 1. The average Bonchev–Trinajstić information content (AvgIpc) is 2.86. The zero-order valence-electron chi connectivity index (χ0n) is 20.4. The van der Waals surface area contributed by atoms with E-state index >= 15 is 0 Å². The molecule has 2 aromatic rings. The summed E-state index contributed by atoms with van der Waals surface area (Å²) in [7, 11) is 0. The second kappa shape index (κ2) is 12.4. The fraction of sp³-hybridized carbons (Fsp3) is 0.481. The minimum absolute atomic E-state index is 0.0846. The minimum atomic E-state index is -0.110. The van der Waals surface area contributed by atoms with Crippen molar-refractivity contribution in [1.82, 2.24) is 15.1 Å². The molecule has 0 radical (unpaired) electrons. The highest BCUT2D eigenvalue weighted by atomic mass is 35.5. The molecule has 2 heterocycles. The zero-order valence-corrected chi connectivity index (χ0v) is 21.2. The van der Waals surface area contributed by atoms with Gasteiger partial charge in [-0.25, -0.2) is 0 Å². The Morgan fingerprint density at radius 1 is 1.03 bits per heavy atom. The Bertz CT molecular complexity index is 995. The number of carbonyl (C=O) groups is 2. The number of nitrogens with zero attached hydrogens (tertiary/aromatic N) is 3. The first-order valence-electron chi connectivity index (χ1n) is 12.5. The van der Waals surface area contributed by atoms with E-state index in [1.807, 2.05) is 6.92 Å². The lowest BCUT2D eigenvalue weighted by atomic mass is 10.1. The van der Waals surface area contributed by atoms with Crippen molar-refractivity contribution < 1.29 is 14.3 Å². The number of fused-ring (bicyclic) bond motifs is 1. The molecule has 2 aromatic carbocycles. The Kier molecular flexibility index (Phi) is 9.01. The Balaban J connectivity index is 1.11. The van der Waals surface area contributed by atoms with Gasteiger partial charge in [-0.15, -0.1) is 0 Å². The maximum Gasteiger partial charge on any atom is 0.227 e. The molecular formula is C27H35ClN4O3. The predicted molar refractivity (Wildman–Crippen MR) is 139 cm³/mol. The molecule has 4 rings (SSSR count). The van der Waals surface area contributed by atoms with Crippen LogP contribution in [0.4, 0.5) is 5.69 Å². The van der Waals surface area contributed by atoms with Crippen molar-refractivity contribution in [2.24, 2.45) is 0 Å². The van der Waals surface area contributed by atoms with Gasteiger partial charge in [-0.05, 0) is 43.7 Å². The maximum atomic E-state index is 12.8. The van der Waals surface area contributed by atoms with Gasteiger partial charge in [0.1, 0.15) is 11.9 Å². The lowest BCUT2D eigenvalue weighted by Crippen LogP contribution is -2.46. The van der Waals surface area contributed by atoms with Gasteiger partial charge >= 0.3 is 0 Å². The molecule has 2 aliphatic rings. The van der Waals surface area contributed by atoms with Crippen LogP contribution in [0.15, 0.2) is 48.5 Å². The number of nitrogens with one attached hydrogen (secondary N) is 1. The van der Waals surface area contributed by atoms with Gasteiger partial charge in [0, 0.05) is 57.1 Å². The third-order valence-electron chi connectivity index (χ3n) is 6.53. The maximum absolute atomic E-state index is 12.8. The van der Waals surface area contributed by atoms with E-state index in [4.69, 9.17) is 16.3 Å². The lowest BCUT2D eigenvalue weighted by Gasteiger charge is -2.34. The molecular weight excluding hydrogens is 464 g/mol. The van der Waals surface area contributed by atoms with Crippen molar-refractivity contribution in [1.29, 1.82) is 0 Å². The first kappa shape index (κ1) is 25.5. The lowest BCUT2D eigenvalue weighted by molar-refractivity contribution is -0.125. The van der Waals surface area contributed by atoms with Crippen LogP contribution in [0.1, 0.15) is 31.7 Å². The molecule has 7 nitrogen and oxygen atoms in total. The Morgan fingerprint density at radius 3 is 2.54 bits per heavy atom. The van der Waals surface area contributed by atoms with Crippen molar-refractivity contribution in [3.63, 3.8) is 0 Å². The van der Waals surface area contributed by atoms with Crippen molar-refractivity contribution in [3.05, 3.63) is 59.1 Å². The molecule has 0 bridgehead atoms. The number of carbonyl (C=O) groups excluding carboxylic acids is 2. The van der Waals surface area contributed by atoms with Crippen LogP contribution in [-0.2, 0) is 16.1 Å². The molecule has 0 saturated carbocycles. The summed E-state index contributed by atoms with van der Waals surface area (Å²) in [5.41, 5.74) is 2.03. The van der Waals surface area contributed by atoms with Crippen molar-refractivity contribution in [2.75, 3.05) is 50.7 Å². The van der Waals surface area contributed by atoms with E-state index in [9.17, 15) is 9.59 Å². The van der Waals surface area contributed by atoms with Crippen LogP contribution < -0.4 is 15.0 Å². The molecule has 1 atom stereocenters. The van der Waals surface area contributed by atoms with Crippen LogP contribution >= 0.6 is 11.6 Å². The fourth-order valence-electron chi connectivity index (χ4n) is 4.63. The van der Waals surface area contributed by atoms with Gasteiger partial charge in [-0.3, -0.25) is 14.5 Å². The summed E-state index contributed by atoms with van der Waals surface area (Å²) < 4.78 is 5.80. The quantitative estimate of drug-likeness (QED) is 0.535. The van der Waals surface area contributed by atoms with Crippen LogP contribution in [-0.4, -0.2) is 73.5 Å². The molecule has 2 amide bonds. The second-order valence-corrected chi connectivity index (χ2v) is 9.79. The summed E-state index contributed by atoms with van der Waals surface area (Å²) in [5.74, 6) is 0.470. The zero-order chi connectivity index (χ0) is 24.6. The first-order valence-corrected chi connectivity index (χ1v) is 12.9. The molecule has 0 aliphatic carbocycles. The Hall–Kier alpha value is -2.61. The number of amides is 2. The van der Waals surface area contributed by atoms with Crippen molar-refractivity contribution in [2.45, 2.75) is 38.8 Å². The number of piperazine rings is 1. The molecule has 0 spiro atoms. The second-order valence-electron chi connectivity index (χ2n) is 9.35. The molecule has 0 unspecified atom stereocenters. The summed E-state index contributed by atoms with van der Waals surface area (Å²) in [6.07, 6.45) is 1.14. The standard InChI is InChI=1S/C27H35ClN4O3/c1-21-19-32(24-18-23(28)8-9-25(24)35-21)27(34)11-10-26(33)29-12-5-13-30-14-16-31(17-15-30)20-22-6-3-2-4-7-22/h2-4,6-9,18,21H,5,10-17,19-20H2,1H3,(H,29,33)/t21-/m0/s1. The van der Waals surface area contributed by atoms with Gasteiger partial charge in [-0.2, -0.15) is 0 Å². The van der Waals surface area contributed by atoms with E-state index in [1.165, 1.54) is 5.56 Å². The van der Waals surface area contributed by atoms with E-state index < -0.39 is 0 Å². The van der Waals surface area contributed by atoms with E-state index in [0.29, 0.717) is 29.5 Å². The van der Waals surface area contributed by atoms with E-state index in [-0.39, 0.29) is 30.8 Å².